The smallest absolute Gasteiger partial charge is 0.407 e. The standard InChI is InChI=1S/C43H50N6O5/c1-25(2)19-39(51)48-18-8-10-37(48)41-44-24-35(46-41)31-14-13-27-20-28(11-12-29(27)21-31)30-15-16-32-33(22-30)45-34(23-38(32)50)36-9-6-7-17-49(36)42(52)40(26(3)4)47-43(53)54-5/h11-16,20-26,36-37,40H,6-10,17-19H2,1-5H3,(H,44,46)(H,45,50)(H,47,53). The Morgan fingerprint density at radius 3 is 2.26 bits per heavy atom. The molecule has 0 radical (unpaired) electrons. The Hall–Kier alpha value is -5.45. The molecule has 54 heavy (non-hydrogen) atoms. The van der Waals surface area contributed by atoms with E-state index in [0.717, 1.165) is 71.2 Å². The van der Waals surface area contributed by atoms with E-state index < -0.39 is 12.1 Å². The monoisotopic (exact) mass is 730 g/mol. The van der Waals surface area contributed by atoms with Crippen LogP contribution in [-0.4, -0.2) is 68.9 Å². The van der Waals surface area contributed by atoms with Crippen molar-refractivity contribution >= 4 is 39.6 Å². The van der Waals surface area contributed by atoms with Gasteiger partial charge in [-0.15, -0.1) is 0 Å². The van der Waals surface area contributed by atoms with E-state index in [1.165, 1.54) is 7.11 Å². The van der Waals surface area contributed by atoms with Crippen molar-refractivity contribution in [3.63, 3.8) is 0 Å². The maximum absolute atomic E-state index is 13.8. The molecular formula is C43H50N6O5. The molecule has 3 atom stereocenters. The van der Waals surface area contributed by atoms with Gasteiger partial charge in [-0.05, 0) is 90.1 Å². The number of ether oxygens (including phenoxy) is 1. The summed E-state index contributed by atoms with van der Waals surface area (Å²) in [7, 11) is 1.28. The van der Waals surface area contributed by atoms with E-state index in [1.54, 1.807) is 11.0 Å². The molecule has 2 fully saturated rings. The van der Waals surface area contributed by atoms with Crippen LogP contribution in [0, 0.1) is 11.8 Å². The van der Waals surface area contributed by atoms with E-state index in [1.807, 2.05) is 43.1 Å². The molecule has 282 valence electrons. The number of amides is 3. The summed E-state index contributed by atoms with van der Waals surface area (Å²) in [5, 5.41) is 5.45. The van der Waals surface area contributed by atoms with Crippen molar-refractivity contribution in [3.05, 3.63) is 88.6 Å². The van der Waals surface area contributed by atoms with Gasteiger partial charge in [-0.25, -0.2) is 9.78 Å². The normalized spacial score (nSPS) is 18.1. The Balaban J connectivity index is 1.13. The van der Waals surface area contributed by atoms with Crippen molar-refractivity contribution in [2.24, 2.45) is 11.8 Å². The summed E-state index contributed by atoms with van der Waals surface area (Å²) in [4.78, 5) is 67.8. The fourth-order valence-corrected chi connectivity index (χ4v) is 8.09. The number of carbonyl (C=O) groups is 3. The van der Waals surface area contributed by atoms with Crippen molar-refractivity contribution in [1.82, 2.24) is 30.1 Å². The van der Waals surface area contributed by atoms with Gasteiger partial charge in [0, 0.05) is 42.2 Å². The summed E-state index contributed by atoms with van der Waals surface area (Å²) < 4.78 is 4.79. The summed E-state index contributed by atoms with van der Waals surface area (Å²) in [5.41, 5.74) is 5.22. The summed E-state index contributed by atoms with van der Waals surface area (Å²) in [5.74, 6) is 1.02. The van der Waals surface area contributed by atoms with Crippen LogP contribution in [0.3, 0.4) is 0 Å². The van der Waals surface area contributed by atoms with Gasteiger partial charge in [0.1, 0.15) is 11.9 Å². The van der Waals surface area contributed by atoms with Gasteiger partial charge in [-0.1, -0.05) is 58.0 Å². The second-order valence-corrected chi connectivity index (χ2v) is 15.6. The molecule has 2 aliphatic heterocycles. The van der Waals surface area contributed by atoms with Gasteiger partial charge in [0.05, 0.1) is 36.6 Å². The predicted octanol–water partition coefficient (Wildman–Crippen LogP) is 7.88. The number of piperidine rings is 1. The lowest BCUT2D eigenvalue weighted by Crippen LogP contribution is -2.53. The summed E-state index contributed by atoms with van der Waals surface area (Å²) >= 11 is 0. The highest BCUT2D eigenvalue weighted by Gasteiger charge is 2.36. The third-order valence-electron chi connectivity index (χ3n) is 10.9. The number of hydrogen-bond donors (Lipinski definition) is 3. The number of hydrogen-bond acceptors (Lipinski definition) is 6. The molecule has 3 unspecified atom stereocenters. The van der Waals surface area contributed by atoms with Crippen LogP contribution < -0.4 is 10.7 Å². The topological polar surface area (TPSA) is 140 Å². The first-order valence-electron chi connectivity index (χ1n) is 19.2. The molecule has 4 heterocycles. The number of aromatic nitrogens is 3. The summed E-state index contributed by atoms with van der Waals surface area (Å²) in [6, 6.07) is 19.1. The Morgan fingerprint density at radius 2 is 1.52 bits per heavy atom. The highest BCUT2D eigenvalue weighted by atomic mass is 16.5. The van der Waals surface area contributed by atoms with E-state index in [-0.39, 0.29) is 35.2 Å². The molecule has 3 aromatic carbocycles. The van der Waals surface area contributed by atoms with Crippen LogP contribution in [0.2, 0.25) is 0 Å². The van der Waals surface area contributed by atoms with Crippen molar-refractivity contribution in [3.8, 4) is 22.4 Å². The van der Waals surface area contributed by atoms with E-state index in [0.29, 0.717) is 41.9 Å². The molecular weight excluding hydrogens is 681 g/mol. The van der Waals surface area contributed by atoms with Crippen LogP contribution in [0.25, 0.3) is 44.1 Å². The third-order valence-corrected chi connectivity index (χ3v) is 10.9. The quantitative estimate of drug-likeness (QED) is 0.141. The Bertz CT molecular complexity index is 2260. The van der Waals surface area contributed by atoms with Gasteiger partial charge in [0.2, 0.25) is 11.8 Å². The lowest BCUT2D eigenvalue weighted by molar-refractivity contribution is -0.138. The molecule has 3 N–H and O–H groups in total. The molecule has 2 saturated heterocycles. The number of likely N-dealkylation sites (tertiary alicyclic amines) is 2. The average molecular weight is 731 g/mol. The highest BCUT2D eigenvalue weighted by molar-refractivity contribution is 5.92. The fraction of sp³-hybridized carbons (Fsp3) is 0.419. The number of fused-ring (bicyclic) bond motifs is 2. The van der Waals surface area contributed by atoms with E-state index in [4.69, 9.17) is 9.72 Å². The second-order valence-electron chi connectivity index (χ2n) is 15.6. The first-order valence-corrected chi connectivity index (χ1v) is 19.2. The van der Waals surface area contributed by atoms with Gasteiger partial charge in [0.25, 0.3) is 0 Å². The number of nitrogens with one attached hydrogen (secondary N) is 3. The molecule has 0 spiro atoms. The largest absolute Gasteiger partial charge is 0.453 e. The third kappa shape index (κ3) is 7.49. The summed E-state index contributed by atoms with van der Waals surface area (Å²) in [6.45, 7) is 9.24. The number of carbonyl (C=O) groups excluding carboxylic acids is 3. The molecule has 7 rings (SSSR count). The average Bonchev–Trinajstić information content (AvgIpc) is 3.86. The van der Waals surface area contributed by atoms with Crippen molar-refractivity contribution < 1.29 is 19.1 Å². The number of nitrogens with zero attached hydrogens (tertiary/aromatic N) is 3. The minimum absolute atomic E-state index is 0.0161. The van der Waals surface area contributed by atoms with Crippen LogP contribution in [0.1, 0.15) is 89.8 Å². The molecule has 0 bridgehead atoms. The van der Waals surface area contributed by atoms with Crippen LogP contribution >= 0.6 is 0 Å². The van der Waals surface area contributed by atoms with Crippen molar-refractivity contribution in [2.75, 3.05) is 20.2 Å². The Morgan fingerprint density at radius 1 is 0.833 bits per heavy atom. The lowest BCUT2D eigenvalue weighted by atomic mass is 9.94. The first-order chi connectivity index (χ1) is 26.0. The SMILES string of the molecule is COC(=O)NC(C(=O)N1CCCCC1c1cc(=O)c2ccc(-c3ccc4cc(-c5cnc(C6CCCN6C(=O)CC(C)C)[nH]5)ccc4c3)cc2[nH]1)C(C)C. The Kier molecular flexibility index (Phi) is 10.6. The van der Waals surface area contributed by atoms with Gasteiger partial charge in [-0.2, -0.15) is 0 Å². The maximum Gasteiger partial charge on any atom is 0.407 e. The number of alkyl carbamates (subject to hydrolysis) is 1. The number of aromatic amines is 2. The number of H-pyrrole nitrogens is 2. The molecule has 3 amide bonds. The number of benzene rings is 3. The van der Waals surface area contributed by atoms with Gasteiger partial charge in [0.15, 0.2) is 5.43 Å². The van der Waals surface area contributed by atoms with Gasteiger partial charge >= 0.3 is 6.09 Å². The number of rotatable bonds is 9. The zero-order valence-electron chi connectivity index (χ0n) is 31.8. The minimum atomic E-state index is -0.744. The number of pyridine rings is 1. The van der Waals surface area contributed by atoms with Gasteiger partial charge < -0.3 is 29.8 Å². The van der Waals surface area contributed by atoms with E-state index >= 15 is 0 Å². The van der Waals surface area contributed by atoms with Gasteiger partial charge in [-0.3, -0.25) is 14.4 Å². The predicted molar refractivity (Wildman–Crippen MR) is 211 cm³/mol. The fourth-order valence-electron chi connectivity index (χ4n) is 8.09. The first kappa shape index (κ1) is 36.9. The number of methoxy groups -OCH3 is 1. The maximum atomic E-state index is 13.8. The number of imidazole rings is 1. The van der Waals surface area contributed by atoms with Crippen molar-refractivity contribution in [2.45, 2.75) is 84.3 Å². The zero-order chi connectivity index (χ0) is 38.1. The summed E-state index contributed by atoms with van der Waals surface area (Å²) in [6.07, 6.45) is 6.13. The molecule has 2 aliphatic rings. The van der Waals surface area contributed by atoms with Crippen LogP contribution in [0.5, 0.6) is 0 Å². The molecule has 0 saturated carbocycles. The van der Waals surface area contributed by atoms with Crippen LogP contribution in [0.4, 0.5) is 4.79 Å². The van der Waals surface area contributed by atoms with Crippen molar-refractivity contribution in [1.29, 1.82) is 0 Å². The molecule has 11 heteroatoms. The second kappa shape index (κ2) is 15.5. The molecule has 11 nitrogen and oxygen atoms in total. The molecule has 0 aliphatic carbocycles. The van der Waals surface area contributed by atoms with Crippen LogP contribution in [-0.2, 0) is 14.3 Å². The minimum Gasteiger partial charge on any atom is -0.453 e. The zero-order valence-corrected chi connectivity index (χ0v) is 31.8. The lowest BCUT2D eigenvalue weighted by Gasteiger charge is -2.38. The van der Waals surface area contributed by atoms with E-state index in [9.17, 15) is 19.2 Å². The highest BCUT2D eigenvalue weighted by Crippen LogP contribution is 2.35. The van der Waals surface area contributed by atoms with Crippen LogP contribution in [0.15, 0.2) is 71.7 Å². The molecule has 5 aromatic rings. The Labute approximate surface area is 315 Å². The van der Waals surface area contributed by atoms with E-state index in [2.05, 4.69) is 65.5 Å². The molecule has 2 aromatic heterocycles.